The monoisotopic (exact) mass is 378 g/mol. The maximum Gasteiger partial charge on any atom is 0.137 e. The van der Waals surface area contributed by atoms with E-state index in [1.165, 1.54) is 63.6 Å². The Bertz CT molecular complexity index is 596. The minimum atomic E-state index is 0.0942. The number of methoxy groups -OCH3 is 1. The maximum atomic E-state index is 6.26. The van der Waals surface area contributed by atoms with Crippen LogP contribution in [-0.4, -0.2) is 50.1 Å². The van der Waals surface area contributed by atoms with Crippen molar-refractivity contribution >= 4 is 11.6 Å². The summed E-state index contributed by atoms with van der Waals surface area (Å²) in [7, 11) is 6.13. The third kappa shape index (κ3) is 3.90. The lowest BCUT2D eigenvalue weighted by Crippen LogP contribution is -2.48. The first-order valence-corrected chi connectivity index (χ1v) is 10.6. The smallest absolute Gasteiger partial charge is 0.137 e. The second-order valence-electron chi connectivity index (χ2n) is 8.44. The van der Waals surface area contributed by atoms with Crippen LogP contribution in [0.3, 0.4) is 0 Å². The summed E-state index contributed by atoms with van der Waals surface area (Å²) in [5.74, 6) is 1.72. The quantitative estimate of drug-likeness (QED) is 0.679. The molecule has 1 unspecified atom stereocenters. The Morgan fingerprint density at radius 1 is 1.23 bits per heavy atom. The second kappa shape index (κ2) is 8.50. The molecule has 4 heteroatoms. The summed E-state index contributed by atoms with van der Waals surface area (Å²) in [5, 5.41) is 0.692. The lowest BCUT2D eigenvalue weighted by Gasteiger charge is -2.47. The van der Waals surface area contributed by atoms with Crippen molar-refractivity contribution < 1.29 is 4.74 Å². The summed E-state index contributed by atoms with van der Waals surface area (Å²) in [6.45, 7) is 4.94. The van der Waals surface area contributed by atoms with Crippen molar-refractivity contribution in [1.82, 2.24) is 9.80 Å². The zero-order valence-corrected chi connectivity index (χ0v) is 17.7. The average Bonchev–Trinajstić information content (AvgIpc) is 3.11. The van der Waals surface area contributed by atoms with Crippen molar-refractivity contribution in [2.75, 3.05) is 34.3 Å². The van der Waals surface area contributed by atoms with Crippen LogP contribution in [0.25, 0.3) is 0 Å². The van der Waals surface area contributed by atoms with E-state index in [1.54, 1.807) is 7.11 Å². The molecular formula is C22H35ClN2O. The van der Waals surface area contributed by atoms with Gasteiger partial charge < -0.3 is 9.64 Å². The molecule has 26 heavy (non-hydrogen) atoms. The van der Waals surface area contributed by atoms with Gasteiger partial charge in [-0.3, -0.25) is 4.90 Å². The number of likely N-dealkylation sites (tertiary alicyclic amines) is 1. The first-order chi connectivity index (χ1) is 12.5. The highest BCUT2D eigenvalue weighted by Crippen LogP contribution is 2.44. The number of hydrogen-bond donors (Lipinski definition) is 0. The van der Waals surface area contributed by atoms with Crippen LogP contribution in [0, 0.1) is 5.92 Å². The summed E-state index contributed by atoms with van der Waals surface area (Å²) in [5.41, 5.74) is 1.43. The van der Waals surface area contributed by atoms with Crippen LogP contribution >= 0.6 is 11.6 Å². The Hall–Kier alpha value is -0.770. The molecule has 1 aromatic carbocycles. The molecule has 0 spiro atoms. The van der Waals surface area contributed by atoms with E-state index < -0.39 is 0 Å². The summed E-state index contributed by atoms with van der Waals surface area (Å²) in [4.78, 5) is 5.19. The van der Waals surface area contributed by atoms with Gasteiger partial charge in [-0.1, -0.05) is 31.0 Å². The molecule has 1 saturated carbocycles. The van der Waals surface area contributed by atoms with Gasteiger partial charge >= 0.3 is 0 Å². The van der Waals surface area contributed by atoms with Crippen molar-refractivity contribution in [3.63, 3.8) is 0 Å². The summed E-state index contributed by atoms with van der Waals surface area (Å²) >= 11 is 6.26. The van der Waals surface area contributed by atoms with Gasteiger partial charge in [0.05, 0.1) is 12.1 Å². The van der Waals surface area contributed by atoms with Crippen LogP contribution < -0.4 is 4.74 Å². The molecule has 0 amide bonds. The predicted octanol–water partition coefficient (Wildman–Crippen LogP) is 5.17. The van der Waals surface area contributed by atoms with Crippen LogP contribution in [0.15, 0.2) is 18.2 Å². The number of rotatable bonds is 6. The number of hydrogen-bond acceptors (Lipinski definition) is 3. The Labute approximate surface area is 164 Å². The van der Waals surface area contributed by atoms with E-state index >= 15 is 0 Å². The lowest BCUT2D eigenvalue weighted by molar-refractivity contribution is 0.0553. The number of benzene rings is 1. The first-order valence-electron chi connectivity index (χ1n) is 10.3. The van der Waals surface area contributed by atoms with E-state index in [2.05, 4.69) is 43.0 Å². The molecule has 0 radical (unpaired) electrons. The van der Waals surface area contributed by atoms with E-state index in [0.717, 1.165) is 17.7 Å². The average molecular weight is 379 g/mol. The van der Waals surface area contributed by atoms with E-state index in [9.17, 15) is 0 Å². The van der Waals surface area contributed by atoms with Crippen LogP contribution in [-0.2, 0) is 5.54 Å². The molecule has 146 valence electrons. The number of ether oxygens (including phenoxy) is 1. The molecule has 2 aliphatic rings. The molecule has 3 nitrogen and oxygen atoms in total. The highest BCUT2D eigenvalue weighted by atomic mass is 35.5. The summed E-state index contributed by atoms with van der Waals surface area (Å²) in [6, 6.07) is 7.09. The maximum absolute atomic E-state index is 6.26. The second-order valence-corrected chi connectivity index (χ2v) is 8.85. The highest BCUT2D eigenvalue weighted by molar-refractivity contribution is 6.32. The SMILES string of the molecule is CCCC1CCN(C2CCC(c3ccc(Cl)c(OC)c3)(N(C)C)CC2)C1. The molecule has 1 aliphatic heterocycles. The first kappa shape index (κ1) is 20.0. The lowest BCUT2D eigenvalue weighted by atomic mass is 9.73. The van der Waals surface area contributed by atoms with Crippen molar-refractivity contribution in [2.45, 2.75) is 63.5 Å². The van der Waals surface area contributed by atoms with Gasteiger partial charge in [0.25, 0.3) is 0 Å². The topological polar surface area (TPSA) is 15.7 Å². The van der Waals surface area contributed by atoms with E-state index in [1.807, 2.05) is 6.07 Å². The van der Waals surface area contributed by atoms with Crippen LogP contribution in [0.5, 0.6) is 5.75 Å². The molecule has 0 bridgehead atoms. The Morgan fingerprint density at radius 2 is 1.96 bits per heavy atom. The number of nitrogens with zero attached hydrogens (tertiary/aromatic N) is 2. The molecule has 0 N–H and O–H groups in total. The molecule has 1 aromatic rings. The fourth-order valence-electron chi connectivity index (χ4n) is 5.23. The normalized spacial score (nSPS) is 30.1. The minimum Gasteiger partial charge on any atom is -0.495 e. The standard InChI is InChI=1S/C22H35ClN2O/c1-5-6-17-11-14-25(16-17)19-9-12-22(13-10-19,24(2)3)18-7-8-20(23)21(15-18)26-4/h7-8,15,17,19H,5-6,9-14,16H2,1-4H3. The van der Waals surface area contributed by atoms with Gasteiger partial charge in [-0.25, -0.2) is 0 Å². The molecule has 1 atom stereocenters. The van der Waals surface area contributed by atoms with Crippen molar-refractivity contribution in [3.05, 3.63) is 28.8 Å². The Kier molecular flexibility index (Phi) is 6.53. The van der Waals surface area contributed by atoms with Crippen molar-refractivity contribution in [3.8, 4) is 5.75 Å². The molecule has 1 saturated heterocycles. The Balaban J connectivity index is 1.71. The van der Waals surface area contributed by atoms with Gasteiger partial charge in [-0.2, -0.15) is 0 Å². The molecule has 1 heterocycles. The number of halogens is 1. The van der Waals surface area contributed by atoms with Gasteiger partial charge in [0.2, 0.25) is 0 Å². The van der Waals surface area contributed by atoms with Crippen LogP contribution in [0.1, 0.15) is 57.4 Å². The molecule has 0 aromatic heterocycles. The van der Waals surface area contributed by atoms with Crippen LogP contribution in [0.4, 0.5) is 0 Å². The van der Waals surface area contributed by atoms with E-state index in [-0.39, 0.29) is 5.54 Å². The molecule has 2 fully saturated rings. The minimum absolute atomic E-state index is 0.0942. The summed E-state index contributed by atoms with van der Waals surface area (Å²) < 4.78 is 5.48. The Morgan fingerprint density at radius 3 is 2.58 bits per heavy atom. The third-order valence-electron chi connectivity index (χ3n) is 6.86. The fourth-order valence-corrected chi connectivity index (χ4v) is 5.42. The molecule has 3 rings (SSSR count). The zero-order valence-electron chi connectivity index (χ0n) is 16.9. The van der Waals surface area contributed by atoms with E-state index in [0.29, 0.717) is 5.02 Å². The van der Waals surface area contributed by atoms with Gasteiger partial charge in [0.15, 0.2) is 0 Å². The van der Waals surface area contributed by atoms with Gasteiger partial charge in [-0.05, 0) is 82.8 Å². The van der Waals surface area contributed by atoms with Crippen LogP contribution in [0.2, 0.25) is 5.02 Å². The largest absolute Gasteiger partial charge is 0.495 e. The molecular weight excluding hydrogens is 344 g/mol. The zero-order chi connectivity index (χ0) is 18.7. The fraction of sp³-hybridized carbons (Fsp3) is 0.727. The van der Waals surface area contributed by atoms with Crippen molar-refractivity contribution in [1.29, 1.82) is 0 Å². The highest BCUT2D eigenvalue weighted by Gasteiger charge is 2.41. The van der Waals surface area contributed by atoms with Gasteiger partial charge in [0.1, 0.15) is 5.75 Å². The summed E-state index contributed by atoms with van der Waals surface area (Å²) in [6.07, 6.45) is 9.08. The van der Waals surface area contributed by atoms with Gasteiger partial charge in [0, 0.05) is 18.1 Å². The van der Waals surface area contributed by atoms with Gasteiger partial charge in [-0.15, -0.1) is 0 Å². The van der Waals surface area contributed by atoms with Crippen molar-refractivity contribution in [2.24, 2.45) is 5.92 Å². The third-order valence-corrected chi connectivity index (χ3v) is 7.17. The predicted molar refractivity (Wildman–Crippen MR) is 110 cm³/mol. The molecule has 1 aliphatic carbocycles. The van der Waals surface area contributed by atoms with E-state index in [4.69, 9.17) is 16.3 Å².